The molecule has 4 rings (SSSR count). The Morgan fingerprint density at radius 3 is 2.64 bits per heavy atom. The van der Waals surface area contributed by atoms with Crippen molar-refractivity contribution < 1.29 is 9.90 Å². The largest absolute Gasteiger partial charge is 0.388 e. The number of nitrogens with zero attached hydrogens (tertiary/aromatic N) is 2. The van der Waals surface area contributed by atoms with Gasteiger partial charge in [-0.1, -0.05) is 42.5 Å². The van der Waals surface area contributed by atoms with Crippen LogP contribution in [0.15, 0.2) is 48.5 Å². The van der Waals surface area contributed by atoms with Gasteiger partial charge in [0.1, 0.15) is 6.61 Å². The molecule has 1 aliphatic heterocycles. The minimum atomic E-state index is -0.443. The first-order valence-corrected chi connectivity index (χ1v) is 8.68. The number of ketones is 1. The lowest BCUT2D eigenvalue weighted by Gasteiger charge is -2.24. The highest BCUT2D eigenvalue weighted by molar-refractivity contribution is 5.96. The van der Waals surface area contributed by atoms with E-state index in [1.165, 1.54) is 22.2 Å². The Morgan fingerprint density at radius 2 is 1.88 bits per heavy atom. The number of likely N-dealkylation sites (N-methyl/N-ethyl adjacent to an activating group) is 1. The fourth-order valence-corrected chi connectivity index (χ4v) is 3.78. The van der Waals surface area contributed by atoms with Gasteiger partial charge in [-0.3, -0.25) is 4.79 Å². The van der Waals surface area contributed by atoms with Gasteiger partial charge in [0, 0.05) is 41.8 Å². The van der Waals surface area contributed by atoms with Crippen LogP contribution in [0.5, 0.6) is 0 Å². The third kappa shape index (κ3) is 2.88. The lowest BCUT2D eigenvalue weighted by molar-refractivity contribution is 0.0903. The molecule has 3 aromatic rings. The number of benzene rings is 2. The van der Waals surface area contributed by atoms with E-state index in [2.05, 4.69) is 40.8 Å². The van der Waals surface area contributed by atoms with E-state index in [0.29, 0.717) is 5.56 Å². The topological polar surface area (TPSA) is 45.5 Å². The van der Waals surface area contributed by atoms with Crippen molar-refractivity contribution >= 4 is 16.7 Å². The molecule has 0 amide bonds. The van der Waals surface area contributed by atoms with Crippen molar-refractivity contribution in [3.8, 4) is 0 Å². The zero-order valence-electron chi connectivity index (χ0n) is 14.4. The number of aliphatic hydroxyl groups excluding tert-OH is 1. The van der Waals surface area contributed by atoms with E-state index in [1.807, 2.05) is 12.1 Å². The Bertz CT molecular complexity index is 925. The number of para-hydroxylation sites is 1. The summed E-state index contributed by atoms with van der Waals surface area (Å²) in [5.74, 6) is -0.239. The number of carbonyl (C=O) groups is 1. The highest BCUT2D eigenvalue weighted by Crippen LogP contribution is 2.31. The highest BCUT2D eigenvalue weighted by atomic mass is 16.3. The van der Waals surface area contributed by atoms with Crippen molar-refractivity contribution in [2.75, 3.05) is 20.2 Å². The molecule has 0 radical (unpaired) electrons. The summed E-state index contributed by atoms with van der Waals surface area (Å²) < 4.78 is 2.41. The minimum Gasteiger partial charge on any atom is -0.388 e. The summed E-state index contributed by atoms with van der Waals surface area (Å²) in [6.07, 6.45) is 1.09. The van der Waals surface area contributed by atoms with Crippen LogP contribution in [-0.4, -0.2) is 40.6 Å². The second-order valence-corrected chi connectivity index (χ2v) is 6.79. The van der Waals surface area contributed by atoms with E-state index in [9.17, 15) is 4.79 Å². The minimum absolute atomic E-state index is 0.239. The standard InChI is InChI=1S/C21H22N2O2/c1-22-11-10-18-17-4-2-3-5-19(17)23(20(18)13-22)12-15-6-8-16(9-7-15)21(25)14-24/h2-9,24H,10-14H2,1H3. The molecule has 0 saturated carbocycles. The Hall–Kier alpha value is -2.43. The van der Waals surface area contributed by atoms with E-state index in [4.69, 9.17) is 5.11 Å². The third-order valence-electron chi connectivity index (χ3n) is 5.12. The summed E-state index contributed by atoms with van der Waals surface area (Å²) >= 11 is 0. The van der Waals surface area contributed by atoms with Crippen LogP contribution in [0.4, 0.5) is 0 Å². The van der Waals surface area contributed by atoms with E-state index < -0.39 is 6.61 Å². The van der Waals surface area contributed by atoms with Gasteiger partial charge in [0.05, 0.1) is 0 Å². The van der Waals surface area contributed by atoms with Crippen molar-refractivity contribution in [1.82, 2.24) is 9.47 Å². The zero-order valence-corrected chi connectivity index (χ0v) is 14.4. The van der Waals surface area contributed by atoms with Crippen molar-refractivity contribution in [2.24, 2.45) is 0 Å². The molecule has 128 valence electrons. The molecular weight excluding hydrogens is 312 g/mol. The molecule has 0 unspecified atom stereocenters. The van der Waals surface area contributed by atoms with Crippen molar-refractivity contribution in [1.29, 1.82) is 0 Å². The van der Waals surface area contributed by atoms with Gasteiger partial charge in [-0.05, 0) is 30.7 Å². The monoisotopic (exact) mass is 334 g/mol. The average Bonchev–Trinajstić information content (AvgIpc) is 2.95. The number of rotatable bonds is 4. The van der Waals surface area contributed by atoms with Gasteiger partial charge in [0.15, 0.2) is 5.78 Å². The number of hydrogen-bond donors (Lipinski definition) is 1. The zero-order chi connectivity index (χ0) is 17.4. The Morgan fingerprint density at radius 1 is 1.12 bits per heavy atom. The summed E-state index contributed by atoms with van der Waals surface area (Å²) in [5, 5.41) is 10.3. The van der Waals surface area contributed by atoms with Crippen molar-refractivity contribution in [3.05, 3.63) is 70.9 Å². The maximum Gasteiger partial charge on any atom is 0.188 e. The Labute approximate surface area is 147 Å². The van der Waals surface area contributed by atoms with Gasteiger partial charge >= 0.3 is 0 Å². The van der Waals surface area contributed by atoms with Gasteiger partial charge in [0.2, 0.25) is 0 Å². The fraction of sp³-hybridized carbons (Fsp3) is 0.286. The quantitative estimate of drug-likeness (QED) is 0.746. The number of fused-ring (bicyclic) bond motifs is 3. The number of aromatic nitrogens is 1. The molecule has 1 N–H and O–H groups in total. The van der Waals surface area contributed by atoms with Crippen LogP contribution in [0, 0.1) is 0 Å². The number of carbonyl (C=O) groups excluding carboxylic acids is 1. The first-order chi connectivity index (χ1) is 12.2. The van der Waals surface area contributed by atoms with Gasteiger partial charge in [-0.2, -0.15) is 0 Å². The average molecular weight is 334 g/mol. The predicted molar refractivity (Wildman–Crippen MR) is 98.9 cm³/mol. The molecule has 25 heavy (non-hydrogen) atoms. The van der Waals surface area contributed by atoms with Crippen molar-refractivity contribution in [3.63, 3.8) is 0 Å². The number of aliphatic hydroxyl groups is 1. The van der Waals surface area contributed by atoms with E-state index >= 15 is 0 Å². The SMILES string of the molecule is CN1CCc2c(n(Cc3ccc(C(=O)CO)cc3)c3ccccc23)C1. The summed E-state index contributed by atoms with van der Waals surface area (Å²) in [5.41, 5.74) is 5.86. The van der Waals surface area contributed by atoms with Crippen LogP contribution >= 0.6 is 0 Å². The highest BCUT2D eigenvalue weighted by Gasteiger charge is 2.22. The first kappa shape index (κ1) is 16.1. The van der Waals surface area contributed by atoms with E-state index in [1.54, 1.807) is 12.1 Å². The van der Waals surface area contributed by atoms with Crippen LogP contribution in [0.25, 0.3) is 10.9 Å². The molecule has 2 aromatic carbocycles. The van der Waals surface area contributed by atoms with Crippen molar-refractivity contribution in [2.45, 2.75) is 19.5 Å². The first-order valence-electron chi connectivity index (χ1n) is 8.68. The normalized spacial score (nSPS) is 14.6. The molecule has 0 aliphatic carbocycles. The Balaban J connectivity index is 1.74. The molecule has 0 bridgehead atoms. The fourth-order valence-electron chi connectivity index (χ4n) is 3.78. The summed E-state index contributed by atoms with van der Waals surface area (Å²) in [6, 6.07) is 16.2. The van der Waals surface area contributed by atoms with E-state index in [-0.39, 0.29) is 5.78 Å². The molecule has 1 aliphatic rings. The molecule has 0 spiro atoms. The predicted octanol–water partition coefficient (Wildman–Crippen LogP) is 2.85. The molecular formula is C21H22N2O2. The molecule has 4 heteroatoms. The summed E-state index contributed by atoms with van der Waals surface area (Å²) in [4.78, 5) is 13.9. The second-order valence-electron chi connectivity index (χ2n) is 6.79. The molecule has 0 saturated heterocycles. The van der Waals surface area contributed by atoms with Gasteiger partial charge in [-0.25, -0.2) is 0 Å². The number of hydrogen-bond acceptors (Lipinski definition) is 3. The van der Waals surface area contributed by atoms with Gasteiger partial charge in [0.25, 0.3) is 0 Å². The van der Waals surface area contributed by atoms with Crippen LogP contribution in [0.2, 0.25) is 0 Å². The lowest BCUT2D eigenvalue weighted by atomic mass is 10.0. The van der Waals surface area contributed by atoms with Crippen LogP contribution in [0.3, 0.4) is 0 Å². The molecule has 2 heterocycles. The molecule has 4 nitrogen and oxygen atoms in total. The molecule has 0 fully saturated rings. The molecule has 0 atom stereocenters. The maximum atomic E-state index is 11.6. The van der Waals surface area contributed by atoms with Crippen LogP contribution < -0.4 is 0 Å². The summed E-state index contributed by atoms with van der Waals surface area (Å²) in [6.45, 7) is 2.41. The maximum absolute atomic E-state index is 11.6. The smallest absolute Gasteiger partial charge is 0.188 e. The van der Waals surface area contributed by atoms with Gasteiger partial charge in [-0.15, -0.1) is 0 Å². The lowest BCUT2D eigenvalue weighted by Crippen LogP contribution is -2.27. The Kier molecular flexibility index (Phi) is 4.15. The second kappa shape index (κ2) is 6.47. The molecule has 1 aromatic heterocycles. The van der Waals surface area contributed by atoms with Gasteiger partial charge < -0.3 is 14.6 Å². The van der Waals surface area contributed by atoms with Crippen LogP contribution in [-0.2, 0) is 19.5 Å². The summed E-state index contributed by atoms with van der Waals surface area (Å²) in [7, 11) is 2.17. The third-order valence-corrected chi connectivity index (χ3v) is 5.12. The van der Waals surface area contributed by atoms with Crippen LogP contribution in [0.1, 0.15) is 27.2 Å². The van der Waals surface area contributed by atoms with E-state index in [0.717, 1.165) is 31.6 Å². The number of Topliss-reactive ketones (excluding diaryl/α,β-unsaturated/α-hetero) is 1.